The topological polar surface area (TPSA) is 71.4 Å². The smallest absolute Gasteiger partial charge is 0.328 e. The summed E-state index contributed by atoms with van der Waals surface area (Å²) in [4.78, 5) is 9.80. The summed E-state index contributed by atoms with van der Waals surface area (Å²) in [7, 11) is -3.07. The highest BCUT2D eigenvalue weighted by atomic mass is 32.2. The Morgan fingerprint density at radius 2 is 2.10 bits per heavy atom. The van der Waals surface area contributed by atoms with Gasteiger partial charge in [-0.05, 0) is 0 Å². The van der Waals surface area contributed by atoms with Crippen molar-refractivity contribution >= 4 is 15.8 Å². The molecule has 0 spiro atoms. The van der Waals surface area contributed by atoms with Crippen LogP contribution in [-0.2, 0) is 14.6 Å². The Bertz CT molecular complexity index is 236. The molecule has 0 fully saturated rings. The lowest BCUT2D eigenvalue weighted by molar-refractivity contribution is -0.131. The molecule has 58 valence electrons. The normalized spacial score (nSPS) is 12.1. The summed E-state index contributed by atoms with van der Waals surface area (Å²) in [5, 5.41) is 8.03. The van der Waals surface area contributed by atoms with E-state index in [9.17, 15) is 13.2 Å². The number of carboxylic acids is 1. The van der Waals surface area contributed by atoms with E-state index in [1.807, 2.05) is 0 Å². The molecule has 1 N–H and O–H groups in total. The van der Waals surface area contributed by atoms with Crippen molar-refractivity contribution in [1.29, 1.82) is 0 Å². The van der Waals surface area contributed by atoms with Gasteiger partial charge in [-0.25, -0.2) is 13.2 Å². The van der Waals surface area contributed by atoms with E-state index in [4.69, 9.17) is 5.11 Å². The fourth-order valence-corrected chi connectivity index (χ4v) is 0.770. The molecular formula is C5H8O4S. The Labute approximate surface area is 59.1 Å². The molecule has 0 aliphatic heterocycles. The van der Waals surface area contributed by atoms with Crippen LogP contribution in [0.15, 0.2) is 12.2 Å². The first-order chi connectivity index (χ1) is 4.42. The van der Waals surface area contributed by atoms with Crippen LogP contribution in [0.3, 0.4) is 0 Å². The number of aliphatic carboxylic acids is 1. The zero-order valence-corrected chi connectivity index (χ0v) is 6.26. The van der Waals surface area contributed by atoms with Crippen LogP contribution in [-0.4, -0.2) is 31.5 Å². The highest BCUT2D eigenvalue weighted by molar-refractivity contribution is 7.90. The number of sulfone groups is 1. The van der Waals surface area contributed by atoms with Crippen molar-refractivity contribution < 1.29 is 18.3 Å². The highest BCUT2D eigenvalue weighted by Gasteiger charge is 1.96. The van der Waals surface area contributed by atoms with Crippen LogP contribution in [0.2, 0.25) is 0 Å². The number of carbonyl (C=O) groups is 1. The number of rotatable bonds is 3. The van der Waals surface area contributed by atoms with E-state index in [2.05, 4.69) is 0 Å². The van der Waals surface area contributed by atoms with Crippen LogP contribution in [0, 0.1) is 0 Å². The SMILES string of the molecule is CS(=O)(=O)CC=CC(=O)O. The van der Waals surface area contributed by atoms with Crippen molar-refractivity contribution in [3.8, 4) is 0 Å². The molecule has 0 aliphatic rings. The van der Waals surface area contributed by atoms with E-state index in [0.29, 0.717) is 0 Å². The van der Waals surface area contributed by atoms with E-state index >= 15 is 0 Å². The number of hydrogen-bond donors (Lipinski definition) is 1. The summed E-state index contributed by atoms with van der Waals surface area (Å²) in [6, 6.07) is 0. The first kappa shape index (κ1) is 9.16. The third-order valence-corrected chi connectivity index (χ3v) is 1.46. The maximum Gasteiger partial charge on any atom is 0.328 e. The van der Waals surface area contributed by atoms with Gasteiger partial charge in [-0.1, -0.05) is 6.08 Å². The van der Waals surface area contributed by atoms with Gasteiger partial charge in [0.2, 0.25) is 0 Å². The first-order valence-corrected chi connectivity index (χ1v) is 4.55. The van der Waals surface area contributed by atoms with E-state index in [0.717, 1.165) is 18.4 Å². The fraction of sp³-hybridized carbons (Fsp3) is 0.400. The molecular weight excluding hydrogens is 156 g/mol. The Morgan fingerprint density at radius 3 is 2.40 bits per heavy atom. The van der Waals surface area contributed by atoms with Crippen molar-refractivity contribution in [2.75, 3.05) is 12.0 Å². The molecule has 0 heterocycles. The summed E-state index contributed by atoms with van der Waals surface area (Å²) in [5.74, 6) is -1.36. The van der Waals surface area contributed by atoms with Gasteiger partial charge >= 0.3 is 5.97 Å². The van der Waals surface area contributed by atoms with Crippen LogP contribution in [0.5, 0.6) is 0 Å². The predicted octanol–water partition coefficient (Wildman–Crippen LogP) is -0.328. The molecule has 0 aromatic heterocycles. The molecule has 0 aromatic carbocycles. The van der Waals surface area contributed by atoms with Gasteiger partial charge < -0.3 is 5.11 Å². The maximum absolute atomic E-state index is 10.4. The monoisotopic (exact) mass is 164 g/mol. The predicted molar refractivity (Wildman–Crippen MR) is 36.5 cm³/mol. The Hall–Kier alpha value is -0.840. The second-order valence-corrected chi connectivity index (χ2v) is 4.02. The van der Waals surface area contributed by atoms with Crippen LogP contribution in [0.4, 0.5) is 0 Å². The molecule has 0 rings (SSSR count). The molecule has 0 saturated heterocycles. The van der Waals surface area contributed by atoms with Gasteiger partial charge in [0.25, 0.3) is 0 Å². The summed E-state index contributed by atoms with van der Waals surface area (Å²) in [6.45, 7) is 0. The fourth-order valence-electron chi connectivity index (χ4n) is 0.324. The van der Waals surface area contributed by atoms with E-state index in [-0.39, 0.29) is 5.75 Å². The van der Waals surface area contributed by atoms with E-state index in [1.54, 1.807) is 0 Å². The molecule has 4 nitrogen and oxygen atoms in total. The molecule has 0 radical (unpaired) electrons. The van der Waals surface area contributed by atoms with Crippen LogP contribution < -0.4 is 0 Å². The minimum Gasteiger partial charge on any atom is -0.478 e. The molecule has 0 unspecified atom stereocenters. The summed E-state index contributed by atoms with van der Waals surface area (Å²) < 4.78 is 20.7. The molecule has 0 aromatic rings. The number of hydrogen-bond acceptors (Lipinski definition) is 3. The van der Waals surface area contributed by atoms with Crippen LogP contribution >= 0.6 is 0 Å². The zero-order chi connectivity index (χ0) is 8.20. The summed E-state index contributed by atoms with van der Waals surface area (Å²) in [6.07, 6.45) is 2.94. The standard InChI is InChI=1S/C5H8O4S/c1-10(8,9)4-2-3-5(6)7/h2-3H,4H2,1H3,(H,6,7). The van der Waals surface area contributed by atoms with Crippen molar-refractivity contribution in [2.45, 2.75) is 0 Å². The summed E-state index contributed by atoms with van der Waals surface area (Å²) in [5.41, 5.74) is 0. The molecule has 0 atom stereocenters. The lowest BCUT2D eigenvalue weighted by Crippen LogP contribution is -2.00. The second-order valence-electron chi connectivity index (χ2n) is 1.83. The third-order valence-electron chi connectivity index (χ3n) is 0.659. The van der Waals surface area contributed by atoms with E-state index in [1.165, 1.54) is 0 Å². The Morgan fingerprint density at radius 1 is 1.60 bits per heavy atom. The Balaban J connectivity index is 3.88. The molecule has 0 saturated carbocycles. The average molecular weight is 164 g/mol. The largest absolute Gasteiger partial charge is 0.478 e. The molecule has 0 aliphatic carbocycles. The van der Waals surface area contributed by atoms with E-state index < -0.39 is 15.8 Å². The van der Waals surface area contributed by atoms with Gasteiger partial charge in [-0.2, -0.15) is 0 Å². The van der Waals surface area contributed by atoms with Crippen LogP contribution in [0.1, 0.15) is 0 Å². The van der Waals surface area contributed by atoms with Crippen molar-refractivity contribution in [3.05, 3.63) is 12.2 Å². The van der Waals surface area contributed by atoms with Gasteiger partial charge in [0.1, 0.15) is 0 Å². The minimum atomic E-state index is -3.07. The van der Waals surface area contributed by atoms with Crippen molar-refractivity contribution in [1.82, 2.24) is 0 Å². The van der Waals surface area contributed by atoms with Crippen LogP contribution in [0.25, 0.3) is 0 Å². The van der Waals surface area contributed by atoms with Gasteiger partial charge in [0.05, 0.1) is 5.75 Å². The zero-order valence-electron chi connectivity index (χ0n) is 5.44. The average Bonchev–Trinajstić information content (AvgIpc) is 1.59. The molecule has 5 heteroatoms. The highest BCUT2D eigenvalue weighted by Crippen LogP contribution is 1.83. The lowest BCUT2D eigenvalue weighted by atomic mass is 10.5. The quantitative estimate of drug-likeness (QED) is 0.580. The van der Waals surface area contributed by atoms with Crippen molar-refractivity contribution in [2.24, 2.45) is 0 Å². The third kappa shape index (κ3) is 7.16. The van der Waals surface area contributed by atoms with Gasteiger partial charge in [-0.15, -0.1) is 0 Å². The van der Waals surface area contributed by atoms with Gasteiger partial charge in [0, 0.05) is 12.3 Å². The summed E-state index contributed by atoms with van der Waals surface area (Å²) >= 11 is 0. The van der Waals surface area contributed by atoms with Crippen molar-refractivity contribution in [3.63, 3.8) is 0 Å². The molecule has 0 bridgehead atoms. The molecule has 10 heavy (non-hydrogen) atoms. The molecule has 0 amide bonds. The minimum absolute atomic E-state index is 0.223. The van der Waals surface area contributed by atoms with Gasteiger partial charge in [0.15, 0.2) is 9.84 Å². The van der Waals surface area contributed by atoms with Gasteiger partial charge in [-0.3, -0.25) is 0 Å². The first-order valence-electron chi connectivity index (χ1n) is 2.49. The maximum atomic E-state index is 10.4. The Kier molecular flexibility index (Phi) is 3.08. The number of carboxylic acid groups (broad SMARTS) is 1. The second kappa shape index (κ2) is 3.36. The lowest BCUT2D eigenvalue weighted by Gasteiger charge is -1.86.